The number of rotatable bonds is 10. The first-order valence-corrected chi connectivity index (χ1v) is 9.85. The summed E-state index contributed by atoms with van der Waals surface area (Å²) in [7, 11) is 1.64. The summed E-state index contributed by atoms with van der Waals surface area (Å²) in [5.41, 5.74) is 2.31. The number of nitrogens with one attached hydrogen (secondary N) is 1. The molecule has 5 nitrogen and oxygen atoms in total. The predicted molar refractivity (Wildman–Crippen MR) is 115 cm³/mol. The number of methoxy groups -OCH3 is 1. The van der Waals surface area contributed by atoms with Gasteiger partial charge in [0.2, 0.25) is 0 Å². The van der Waals surface area contributed by atoms with Crippen LogP contribution in [-0.2, 0) is 6.54 Å². The minimum absolute atomic E-state index is 0.224. The van der Waals surface area contributed by atoms with Gasteiger partial charge in [-0.05, 0) is 54.4 Å². The van der Waals surface area contributed by atoms with Crippen LogP contribution in [0, 0.1) is 0 Å². The van der Waals surface area contributed by atoms with Gasteiger partial charge in [-0.15, -0.1) is 0 Å². The van der Waals surface area contributed by atoms with Crippen LogP contribution in [-0.4, -0.2) is 25.3 Å². The number of hydrogen-bond donors (Lipinski definition) is 1. The van der Waals surface area contributed by atoms with Gasteiger partial charge in [0.1, 0.15) is 19.0 Å². The van der Waals surface area contributed by atoms with Gasteiger partial charge in [-0.2, -0.15) is 0 Å². The van der Waals surface area contributed by atoms with Gasteiger partial charge in [0, 0.05) is 25.0 Å². The van der Waals surface area contributed by atoms with E-state index in [9.17, 15) is 0 Å². The van der Waals surface area contributed by atoms with Gasteiger partial charge in [-0.25, -0.2) is 0 Å². The van der Waals surface area contributed by atoms with Crippen LogP contribution in [0.1, 0.15) is 24.1 Å². The summed E-state index contributed by atoms with van der Waals surface area (Å²) < 4.78 is 17.0. The third kappa shape index (κ3) is 6.11. The van der Waals surface area contributed by atoms with Crippen LogP contribution in [0.15, 0.2) is 67.0 Å². The minimum Gasteiger partial charge on any atom is -0.493 e. The van der Waals surface area contributed by atoms with Gasteiger partial charge in [0.05, 0.1) is 12.1 Å². The highest BCUT2D eigenvalue weighted by Gasteiger charge is 2.09. The second-order valence-electron chi connectivity index (χ2n) is 6.50. The fourth-order valence-electron chi connectivity index (χ4n) is 2.85. The number of aromatic nitrogens is 1. The van der Waals surface area contributed by atoms with Gasteiger partial charge in [-0.3, -0.25) is 4.98 Å². The molecule has 1 unspecified atom stereocenters. The minimum atomic E-state index is 0.224. The molecular weight excluding hydrogens is 388 g/mol. The number of halogens is 1. The average Bonchev–Trinajstić information content (AvgIpc) is 2.77. The Morgan fingerprint density at radius 3 is 2.38 bits per heavy atom. The van der Waals surface area contributed by atoms with Crippen molar-refractivity contribution >= 4 is 11.6 Å². The van der Waals surface area contributed by atoms with Crippen LogP contribution in [0.25, 0.3) is 0 Å². The fraction of sp³-hybridized carbons (Fsp3) is 0.261. The van der Waals surface area contributed by atoms with Crippen LogP contribution in [0.5, 0.6) is 17.2 Å². The van der Waals surface area contributed by atoms with E-state index in [1.807, 2.05) is 48.5 Å². The zero-order valence-corrected chi connectivity index (χ0v) is 17.4. The number of hydrogen-bond acceptors (Lipinski definition) is 5. The Morgan fingerprint density at radius 2 is 1.66 bits per heavy atom. The van der Waals surface area contributed by atoms with E-state index < -0.39 is 0 Å². The van der Waals surface area contributed by atoms with Crippen molar-refractivity contribution in [1.29, 1.82) is 0 Å². The van der Waals surface area contributed by atoms with Gasteiger partial charge < -0.3 is 19.5 Å². The molecule has 0 aliphatic carbocycles. The number of nitrogens with zero attached hydrogens (tertiary/aromatic N) is 1. The second-order valence-corrected chi connectivity index (χ2v) is 6.90. The van der Waals surface area contributed by atoms with Gasteiger partial charge in [0.15, 0.2) is 11.5 Å². The molecule has 3 aromatic rings. The molecule has 0 fully saturated rings. The monoisotopic (exact) mass is 412 g/mol. The summed E-state index contributed by atoms with van der Waals surface area (Å²) in [5.74, 6) is 2.02. The molecular formula is C23H25ClN2O3. The van der Waals surface area contributed by atoms with E-state index >= 15 is 0 Å². The largest absolute Gasteiger partial charge is 0.493 e. The Hall–Kier alpha value is -2.76. The molecule has 0 bridgehead atoms. The highest BCUT2D eigenvalue weighted by molar-refractivity contribution is 6.32. The van der Waals surface area contributed by atoms with E-state index in [2.05, 4.69) is 17.2 Å². The van der Waals surface area contributed by atoms with Crippen molar-refractivity contribution in [3.63, 3.8) is 0 Å². The van der Waals surface area contributed by atoms with Crippen LogP contribution in [0.4, 0.5) is 0 Å². The van der Waals surface area contributed by atoms with Gasteiger partial charge >= 0.3 is 0 Å². The lowest BCUT2D eigenvalue weighted by Crippen LogP contribution is -2.18. The van der Waals surface area contributed by atoms with Crippen molar-refractivity contribution in [3.8, 4) is 17.2 Å². The first-order chi connectivity index (χ1) is 14.2. The van der Waals surface area contributed by atoms with E-state index in [1.54, 1.807) is 25.6 Å². The van der Waals surface area contributed by atoms with Crippen molar-refractivity contribution in [2.45, 2.75) is 19.5 Å². The van der Waals surface area contributed by atoms with E-state index in [0.717, 1.165) is 12.1 Å². The molecule has 0 saturated carbocycles. The quantitative estimate of drug-likeness (QED) is 0.472. The Labute approximate surface area is 176 Å². The molecule has 152 valence electrons. The predicted octanol–water partition coefficient (Wildman–Crippen LogP) is 5.05. The third-order valence-electron chi connectivity index (χ3n) is 4.48. The number of pyridine rings is 1. The Balaban J connectivity index is 1.51. The molecule has 1 heterocycles. The highest BCUT2D eigenvalue weighted by Crippen LogP contribution is 2.28. The summed E-state index contributed by atoms with van der Waals surface area (Å²) in [4.78, 5) is 4.06. The fourth-order valence-corrected chi connectivity index (χ4v) is 3.04. The van der Waals surface area contributed by atoms with Gasteiger partial charge in [-0.1, -0.05) is 29.8 Å². The normalized spacial score (nSPS) is 11.7. The maximum atomic E-state index is 6.08. The number of para-hydroxylation sites is 1. The molecule has 29 heavy (non-hydrogen) atoms. The lowest BCUT2D eigenvalue weighted by molar-refractivity contribution is 0.211. The molecule has 6 heteroatoms. The maximum absolute atomic E-state index is 6.08. The summed E-state index contributed by atoms with van der Waals surface area (Å²) >= 11 is 6.08. The van der Waals surface area contributed by atoms with Crippen molar-refractivity contribution in [2.75, 3.05) is 20.3 Å². The van der Waals surface area contributed by atoms with Crippen molar-refractivity contribution in [2.24, 2.45) is 0 Å². The van der Waals surface area contributed by atoms with E-state index in [4.69, 9.17) is 25.8 Å². The SMILES string of the molecule is COc1cc(CNC(C)c2ccncc2)ccc1OCCOc1ccccc1Cl. The summed E-state index contributed by atoms with van der Waals surface area (Å²) in [5, 5.41) is 4.09. The van der Waals surface area contributed by atoms with E-state index in [0.29, 0.717) is 35.5 Å². The Morgan fingerprint density at radius 1 is 0.931 bits per heavy atom. The van der Waals surface area contributed by atoms with Crippen molar-refractivity contribution in [3.05, 3.63) is 83.1 Å². The van der Waals surface area contributed by atoms with E-state index in [1.165, 1.54) is 5.56 Å². The van der Waals surface area contributed by atoms with E-state index in [-0.39, 0.29) is 6.04 Å². The topological polar surface area (TPSA) is 52.6 Å². The first-order valence-electron chi connectivity index (χ1n) is 9.47. The standard InChI is InChI=1S/C23H25ClN2O3/c1-17(19-9-11-25-12-10-19)26-16-18-7-8-22(23(15-18)27-2)29-14-13-28-21-6-4-3-5-20(21)24/h3-12,15,17,26H,13-14,16H2,1-2H3. The van der Waals surface area contributed by atoms with Crippen molar-refractivity contribution in [1.82, 2.24) is 10.3 Å². The number of ether oxygens (including phenoxy) is 3. The molecule has 1 atom stereocenters. The smallest absolute Gasteiger partial charge is 0.161 e. The lowest BCUT2D eigenvalue weighted by atomic mass is 10.1. The number of benzene rings is 2. The molecule has 1 aromatic heterocycles. The molecule has 0 aliphatic heterocycles. The third-order valence-corrected chi connectivity index (χ3v) is 4.79. The zero-order chi connectivity index (χ0) is 20.5. The van der Waals surface area contributed by atoms with Crippen LogP contribution >= 0.6 is 11.6 Å². The first kappa shape index (κ1) is 21.0. The highest BCUT2D eigenvalue weighted by atomic mass is 35.5. The maximum Gasteiger partial charge on any atom is 0.161 e. The average molecular weight is 413 g/mol. The second kappa shape index (κ2) is 10.7. The molecule has 1 N–H and O–H groups in total. The molecule has 0 radical (unpaired) electrons. The molecule has 0 spiro atoms. The molecule has 0 saturated heterocycles. The Bertz CT molecular complexity index is 906. The molecule has 0 amide bonds. The zero-order valence-electron chi connectivity index (χ0n) is 16.6. The molecule has 2 aromatic carbocycles. The summed E-state index contributed by atoms with van der Waals surface area (Å²) in [6.45, 7) is 3.62. The molecule has 3 rings (SSSR count). The lowest BCUT2D eigenvalue weighted by Gasteiger charge is -2.16. The van der Waals surface area contributed by atoms with Crippen molar-refractivity contribution < 1.29 is 14.2 Å². The van der Waals surface area contributed by atoms with Crippen LogP contribution < -0.4 is 19.5 Å². The van der Waals surface area contributed by atoms with Crippen LogP contribution in [0.3, 0.4) is 0 Å². The molecule has 0 aliphatic rings. The summed E-state index contributed by atoms with van der Waals surface area (Å²) in [6.07, 6.45) is 3.61. The summed E-state index contributed by atoms with van der Waals surface area (Å²) in [6, 6.07) is 17.6. The van der Waals surface area contributed by atoms with Gasteiger partial charge in [0.25, 0.3) is 0 Å². The van der Waals surface area contributed by atoms with Crippen LogP contribution in [0.2, 0.25) is 5.02 Å². The Kier molecular flexibility index (Phi) is 7.73.